The van der Waals surface area contributed by atoms with E-state index in [1.165, 1.54) is 0 Å². The molecule has 0 radical (unpaired) electrons. The number of ether oxygens (including phenoxy) is 1. The van der Waals surface area contributed by atoms with Crippen LogP contribution in [0.3, 0.4) is 0 Å². The topological polar surface area (TPSA) is 134 Å². The first-order valence-corrected chi connectivity index (χ1v) is 9.67. The molecule has 1 saturated carbocycles. The lowest BCUT2D eigenvalue weighted by molar-refractivity contribution is -0.148. The molecule has 1 aliphatic heterocycles. The van der Waals surface area contributed by atoms with Gasteiger partial charge in [-0.15, -0.1) is 0 Å². The first kappa shape index (κ1) is 21.6. The van der Waals surface area contributed by atoms with Gasteiger partial charge in [0.15, 0.2) is 6.61 Å². The van der Waals surface area contributed by atoms with Crippen molar-refractivity contribution in [1.82, 2.24) is 20.9 Å². The second-order valence-corrected chi connectivity index (χ2v) is 7.27. The number of carbonyl (C=O) groups is 5. The van der Waals surface area contributed by atoms with Crippen molar-refractivity contribution < 1.29 is 28.7 Å². The molecule has 1 spiro atoms. The number of urea groups is 2. The summed E-state index contributed by atoms with van der Waals surface area (Å²) >= 11 is 0. The molecule has 0 aromatic heterocycles. The van der Waals surface area contributed by atoms with E-state index in [-0.39, 0.29) is 31.3 Å². The Kier molecular flexibility index (Phi) is 7.36. The molecule has 10 nitrogen and oxygen atoms in total. The van der Waals surface area contributed by atoms with Crippen LogP contribution in [0.2, 0.25) is 0 Å². The van der Waals surface area contributed by atoms with Crippen LogP contribution in [-0.2, 0) is 19.1 Å². The van der Waals surface area contributed by atoms with Gasteiger partial charge in [-0.05, 0) is 32.6 Å². The van der Waals surface area contributed by atoms with Crippen LogP contribution in [-0.4, -0.2) is 59.5 Å². The maximum atomic E-state index is 12.5. The number of nitrogens with one attached hydrogen (secondary N) is 3. The number of amides is 6. The van der Waals surface area contributed by atoms with Gasteiger partial charge in [0.1, 0.15) is 5.54 Å². The average Bonchev–Trinajstić information content (AvgIpc) is 3.20. The molecule has 0 aromatic rings. The third kappa shape index (κ3) is 5.43. The highest BCUT2D eigenvalue weighted by atomic mass is 16.5. The molecule has 156 valence electrons. The van der Waals surface area contributed by atoms with Gasteiger partial charge in [0, 0.05) is 19.0 Å². The second kappa shape index (κ2) is 9.52. The van der Waals surface area contributed by atoms with Crippen molar-refractivity contribution >= 4 is 29.8 Å². The maximum absolute atomic E-state index is 12.5. The summed E-state index contributed by atoms with van der Waals surface area (Å²) in [4.78, 5) is 60.5. The molecular formula is C18H28N4O6. The highest BCUT2D eigenvalue weighted by molar-refractivity contribution is 6.07. The van der Waals surface area contributed by atoms with E-state index in [2.05, 4.69) is 16.0 Å². The molecule has 2 fully saturated rings. The molecule has 6 amide bonds. The van der Waals surface area contributed by atoms with Crippen LogP contribution >= 0.6 is 0 Å². The fourth-order valence-electron chi connectivity index (χ4n) is 3.32. The third-order valence-corrected chi connectivity index (χ3v) is 5.07. The van der Waals surface area contributed by atoms with E-state index in [0.717, 1.165) is 24.2 Å². The van der Waals surface area contributed by atoms with Gasteiger partial charge < -0.3 is 15.4 Å². The maximum Gasteiger partial charge on any atom is 0.325 e. The number of esters is 1. The summed E-state index contributed by atoms with van der Waals surface area (Å²) in [6, 6.07) is -1.15. The smallest absolute Gasteiger partial charge is 0.325 e. The Labute approximate surface area is 163 Å². The standard InChI is InChI=1S/C18H28N4O6/c1-3-12(2)19-16(26)20-13(23)11-28-14(24)7-6-10-22-15(25)18(21-17(22)27)8-4-5-9-18/h12H,3-11H2,1-2H3,(H,21,27)(H2,19,20,23,26)/t12-/m1/s1. The molecule has 28 heavy (non-hydrogen) atoms. The highest BCUT2D eigenvalue weighted by Crippen LogP contribution is 2.35. The number of nitrogens with zero attached hydrogens (tertiary/aromatic N) is 1. The largest absolute Gasteiger partial charge is 0.456 e. The summed E-state index contributed by atoms with van der Waals surface area (Å²) in [5.74, 6) is -1.60. The number of carbonyl (C=O) groups excluding carboxylic acids is 5. The average molecular weight is 396 g/mol. The van der Waals surface area contributed by atoms with E-state index in [0.29, 0.717) is 12.8 Å². The SMILES string of the molecule is CC[C@@H](C)NC(=O)NC(=O)COC(=O)CCCN1C(=O)NC2(CCCC2)C1=O. The fraction of sp³-hybridized carbons (Fsp3) is 0.722. The Hall–Kier alpha value is -2.65. The van der Waals surface area contributed by atoms with Crippen molar-refractivity contribution in [3.8, 4) is 0 Å². The number of rotatable bonds is 8. The van der Waals surface area contributed by atoms with Crippen LogP contribution in [0.1, 0.15) is 58.8 Å². The quantitative estimate of drug-likeness (QED) is 0.410. The lowest BCUT2D eigenvalue weighted by Crippen LogP contribution is -2.44. The first-order chi connectivity index (χ1) is 13.3. The van der Waals surface area contributed by atoms with Crippen molar-refractivity contribution in [2.75, 3.05) is 13.2 Å². The van der Waals surface area contributed by atoms with Crippen LogP contribution < -0.4 is 16.0 Å². The van der Waals surface area contributed by atoms with Crippen LogP contribution in [0.25, 0.3) is 0 Å². The summed E-state index contributed by atoms with van der Waals surface area (Å²) in [7, 11) is 0. The lowest BCUT2D eigenvalue weighted by Gasteiger charge is -2.19. The monoisotopic (exact) mass is 396 g/mol. The Balaban J connectivity index is 1.65. The minimum absolute atomic E-state index is 0.0452. The molecule has 1 atom stereocenters. The van der Waals surface area contributed by atoms with Crippen molar-refractivity contribution in [2.45, 2.75) is 70.4 Å². The molecule has 0 aromatic carbocycles. The Bertz CT molecular complexity index is 644. The molecule has 0 unspecified atom stereocenters. The van der Waals surface area contributed by atoms with Gasteiger partial charge in [0.05, 0.1) is 0 Å². The minimum Gasteiger partial charge on any atom is -0.456 e. The van der Waals surface area contributed by atoms with Gasteiger partial charge in [-0.2, -0.15) is 0 Å². The zero-order valence-corrected chi connectivity index (χ0v) is 16.3. The molecule has 10 heteroatoms. The summed E-state index contributed by atoms with van der Waals surface area (Å²) in [5, 5.41) is 7.40. The molecule has 2 rings (SSSR count). The molecule has 2 aliphatic rings. The third-order valence-electron chi connectivity index (χ3n) is 5.07. The lowest BCUT2D eigenvalue weighted by atomic mass is 9.98. The van der Waals surface area contributed by atoms with E-state index >= 15 is 0 Å². The van der Waals surface area contributed by atoms with Gasteiger partial charge >= 0.3 is 18.0 Å². The van der Waals surface area contributed by atoms with Crippen molar-refractivity contribution in [1.29, 1.82) is 0 Å². The fourth-order valence-corrected chi connectivity index (χ4v) is 3.32. The molecular weight excluding hydrogens is 368 g/mol. The molecule has 1 aliphatic carbocycles. The van der Waals surface area contributed by atoms with Crippen LogP contribution in [0.15, 0.2) is 0 Å². The molecule has 1 saturated heterocycles. The minimum atomic E-state index is -0.758. The van der Waals surface area contributed by atoms with E-state index < -0.39 is 36.1 Å². The normalized spacial score (nSPS) is 18.7. The summed E-state index contributed by atoms with van der Waals surface area (Å²) in [5.41, 5.74) is -0.758. The van der Waals surface area contributed by atoms with Crippen LogP contribution in [0, 0.1) is 0 Å². The summed E-state index contributed by atoms with van der Waals surface area (Å²) in [6.45, 7) is 3.23. The Morgan fingerprint density at radius 1 is 1.25 bits per heavy atom. The van der Waals surface area contributed by atoms with Crippen LogP contribution in [0.5, 0.6) is 0 Å². The van der Waals surface area contributed by atoms with Crippen molar-refractivity contribution in [2.24, 2.45) is 0 Å². The van der Waals surface area contributed by atoms with Crippen molar-refractivity contribution in [3.63, 3.8) is 0 Å². The zero-order chi connectivity index (χ0) is 20.7. The van der Waals surface area contributed by atoms with E-state index in [1.54, 1.807) is 6.92 Å². The predicted molar refractivity (Wildman–Crippen MR) is 98.1 cm³/mol. The van der Waals surface area contributed by atoms with Gasteiger partial charge in [0.2, 0.25) is 0 Å². The second-order valence-electron chi connectivity index (χ2n) is 7.27. The molecule has 0 bridgehead atoms. The van der Waals surface area contributed by atoms with Gasteiger partial charge in [0.25, 0.3) is 11.8 Å². The van der Waals surface area contributed by atoms with Crippen molar-refractivity contribution in [3.05, 3.63) is 0 Å². The van der Waals surface area contributed by atoms with E-state index in [1.807, 2.05) is 6.92 Å². The first-order valence-electron chi connectivity index (χ1n) is 9.67. The predicted octanol–water partition coefficient (Wildman–Crippen LogP) is 0.799. The van der Waals surface area contributed by atoms with E-state index in [9.17, 15) is 24.0 Å². The van der Waals surface area contributed by atoms with Gasteiger partial charge in [-0.1, -0.05) is 19.8 Å². The zero-order valence-electron chi connectivity index (χ0n) is 16.3. The number of hydrogen-bond donors (Lipinski definition) is 3. The Morgan fingerprint density at radius 3 is 2.57 bits per heavy atom. The highest BCUT2D eigenvalue weighted by Gasteiger charge is 2.52. The Morgan fingerprint density at radius 2 is 1.93 bits per heavy atom. The van der Waals surface area contributed by atoms with E-state index in [4.69, 9.17) is 4.74 Å². The van der Waals surface area contributed by atoms with Gasteiger partial charge in [-0.3, -0.25) is 24.6 Å². The molecule has 3 N–H and O–H groups in total. The molecule has 1 heterocycles. The van der Waals surface area contributed by atoms with Gasteiger partial charge in [-0.25, -0.2) is 9.59 Å². The number of hydrogen-bond acceptors (Lipinski definition) is 6. The summed E-state index contributed by atoms with van der Waals surface area (Å²) in [6.07, 6.45) is 4.02. The summed E-state index contributed by atoms with van der Waals surface area (Å²) < 4.78 is 4.81. The number of imide groups is 2. The van der Waals surface area contributed by atoms with Crippen LogP contribution in [0.4, 0.5) is 9.59 Å².